The molecule has 4 N–H and O–H groups in total. The van der Waals surface area contributed by atoms with Gasteiger partial charge in [-0.15, -0.1) is 0 Å². The van der Waals surface area contributed by atoms with E-state index in [9.17, 15) is 9.59 Å². The molecule has 0 spiro atoms. The minimum atomic E-state index is -0.453. The van der Waals surface area contributed by atoms with E-state index in [2.05, 4.69) is 29.5 Å². The molecule has 8 nitrogen and oxygen atoms in total. The maximum atomic E-state index is 12.4. The molecule has 0 bridgehead atoms. The normalized spacial score (nSPS) is 13.2. The Labute approximate surface area is 209 Å². The van der Waals surface area contributed by atoms with Crippen LogP contribution in [0.1, 0.15) is 58.7 Å². The van der Waals surface area contributed by atoms with Crippen molar-refractivity contribution in [3.63, 3.8) is 0 Å². The minimum absolute atomic E-state index is 0.0408. The van der Waals surface area contributed by atoms with Crippen LogP contribution >= 0.6 is 0 Å². The highest BCUT2D eigenvalue weighted by atomic mass is 16.2. The second-order valence-corrected chi connectivity index (χ2v) is 9.77. The summed E-state index contributed by atoms with van der Waals surface area (Å²) in [7, 11) is 0. The van der Waals surface area contributed by atoms with E-state index >= 15 is 0 Å². The Morgan fingerprint density at radius 3 is 2.56 bits per heavy atom. The van der Waals surface area contributed by atoms with Crippen molar-refractivity contribution in [2.75, 3.05) is 11.9 Å². The van der Waals surface area contributed by atoms with Crippen LogP contribution in [0.5, 0.6) is 0 Å². The molecule has 8 heteroatoms. The van der Waals surface area contributed by atoms with Crippen LogP contribution in [0.25, 0.3) is 16.9 Å². The van der Waals surface area contributed by atoms with Crippen molar-refractivity contribution in [2.24, 2.45) is 11.7 Å². The molecule has 1 saturated carbocycles. The summed E-state index contributed by atoms with van der Waals surface area (Å²) in [5.74, 6) is -0.0376. The summed E-state index contributed by atoms with van der Waals surface area (Å²) in [6.45, 7) is 5.10. The first-order valence-electron chi connectivity index (χ1n) is 12.3. The highest BCUT2D eigenvalue weighted by molar-refractivity contribution is 5.95. The molecule has 0 aliphatic heterocycles. The third-order valence-electron chi connectivity index (χ3n) is 6.17. The zero-order valence-electron chi connectivity index (χ0n) is 20.5. The first-order valence-corrected chi connectivity index (χ1v) is 12.3. The zero-order valence-corrected chi connectivity index (χ0v) is 20.5. The fraction of sp³-hybridized carbons (Fsp3) is 0.286. The smallest absolute Gasteiger partial charge is 0.251 e. The molecule has 2 aromatic heterocycles. The van der Waals surface area contributed by atoms with Crippen molar-refractivity contribution in [2.45, 2.75) is 39.2 Å². The number of hydrogen-bond donors (Lipinski definition) is 3. The van der Waals surface area contributed by atoms with Crippen LogP contribution in [0.4, 0.5) is 5.69 Å². The van der Waals surface area contributed by atoms with Gasteiger partial charge in [-0.1, -0.05) is 38.1 Å². The van der Waals surface area contributed by atoms with Gasteiger partial charge in [0.2, 0.25) is 5.91 Å². The number of aromatic nitrogens is 3. The predicted octanol–water partition coefficient (Wildman–Crippen LogP) is 4.05. The molecule has 0 radical (unpaired) electrons. The molecule has 0 saturated heterocycles. The summed E-state index contributed by atoms with van der Waals surface area (Å²) in [6, 6.07) is 17.2. The molecular formula is C28H30N6O2. The van der Waals surface area contributed by atoms with E-state index in [-0.39, 0.29) is 5.91 Å². The molecule has 5 rings (SSSR count). The average Bonchev–Trinajstić information content (AvgIpc) is 3.58. The van der Waals surface area contributed by atoms with E-state index in [1.807, 2.05) is 47.0 Å². The summed E-state index contributed by atoms with van der Waals surface area (Å²) < 4.78 is 1.84. The number of imidazole rings is 1. The van der Waals surface area contributed by atoms with Gasteiger partial charge >= 0.3 is 0 Å². The molecule has 0 unspecified atom stereocenters. The number of benzene rings is 2. The fourth-order valence-electron chi connectivity index (χ4n) is 4.08. The van der Waals surface area contributed by atoms with Crippen molar-refractivity contribution >= 4 is 23.1 Å². The number of carbonyl (C=O) groups is 2. The Morgan fingerprint density at radius 2 is 1.86 bits per heavy atom. The number of hydrogen-bond acceptors (Lipinski definition) is 5. The van der Waals surface area contributed by atoms with E-state index in [4.69, 9.17) is 10.8 Å². The molecule has 2 amide bonds. The van der Waals surface area contributed by atoms with Crippen molar-refractivity contribution < 1.29 is 9.59 Å². The monoisotopic (exact) mass is 482 g/mol. The number of carbonyl (C=O) groups excluding carboxylic acids is 2. The van der Waals surface area contributed by atoms with Crippen molar-refractivity contribution in [1.29, 1.82) is 0 Å². The average molecular weight is 483 g/mol. The molecule has 0 atom stereocenters. The van der Waals surface area contributed by atoms with Gasteiger partial charge in [0.25, 0.3) is 5.91 Å². The molecule has 36 heavy (non-hydrogen) atoms. The molecule has 1 aliphatic carbocycles. The Kier molecular flexibility index (Phi) is 6.41. The fourth-order valence-corrected chi connectivity index (χ4v) is 4.08. The minimum Gasteiger partial charge on any atom is -0.382 e. The Hall–Kier alpha value is -4.20. The highest BCUT2D eigenvalue weighted by Gasteiger charge is 2.23. The lowest BCUT2D eigenvalue weighted by Gasteiger charge is -2.13. The van der Waals surface area contributed by atoms with Gasteiger partial charge in [-0.3, -0.25) is 9.59 Å². The van der Waals surface area contributed by atoms with Gasteiger partial charge in [0.1, 0.15) is 0 Å². The third-order valence-corrected chi connectivity index (χ3v) is 6.17. The largest absolute Gasteiger partial charge is 0.382 e. The van der Waals surface area contributed by atoms with E-state index < -0.39 is 5.91 Å². The molecule has 4 aromatic rings. The van der Waals surface area contributed by atoms with Gasteiger partial charge in [0.15, 0.2) is 5.65 Å². The SMILES string of the molecule is CC(C)CNc1cc(Cc2cccc(C(N)=O)c2)nn2c(-c3ccc(C(=O)NC4CC4)cc3)cnc12. The number of anilines is 1. The second kappa shape index (κ2) is 9.81. The van der Waals surface area contributed by atoms with Gasteiger partial charge in [0.05, 0.1) is 23.3 Å². The number of nitrogens with one attached hydrogen (secondary N) is 2. The van der Waals surface area contributed by atoms with Crippen molar-refractivity contribution in [3.8, 4) is 11.3 Å². The molecule has 1 aliphatic rings. The molecule has 1 fully saturated rings. The first kappa shape index (κ1) is 23.5. The highest BCUT2D eigenvalue weighted by Crippen LogP contribution is 2.26. The number of rotatable bonds is 9. The number of primary amides is 1. The molecular weight excluding hydrogens is 452 g/mol. The van der Waals surface area contributed by atoms with Crippen molar-refractivity contribution in [3.05, 3.63) is 83.2 Å². The third kappa shape index (κ3) is 5.22. The number of fused-ring (bicyclic) bond motifs is 1. The van der Waals surface area contributed by atoms with E-state index in [0.29, 0.717) is 29.5 Å². The number of nitrogens with zero attached hydrogens (tertiary/aromatic N) is 3. The van der Waals surface area contributed by atoms with Crippen LogP contribution in [0.15, 0.2) is 60.8 Å². The maximum absolute atomic E-state index is 12.4. The van der Waals surface area contributed by atoms with Crippen LogP contribution in [-0.4, -0.2) is 39.0 Å². The second-order valence-electron chi connectivity index (χ2n) is 9.77. The van der Waals surface area contributed by atoms with E-state index in [1.54, 1.807) is 18.3 Å². The van der Waals surface area contributed by atoms with Crippen LogP contribution in [0.3, 0.4) is 0 Å². The summed E-state index contributed by atoms with van der Waals surface area (Å²) in [6.07, 6.45) is 4.45. The summed E-state index contributed by atoms with van der Waals surface area (Å²) in [5.41, 5.74) is 11.7. The maximum Gasteiger partial charge on any atom is 0.251 e. The lowest BCUT2D eigenvalue weighted by atomic mass is 10.1. The summed E-state index contributed by atoms with van der Waals surface area (Å²) >= 11 is 0. The van der Waals surface area contributed by atoms with Gasteiger partial charge in [0, 0.05) is 35.7 Å². The van der Waals surface area contributed by atoms with Gasteiger partial charge in [-0.25, -0.2) is 9.50 Å². The van der Waals surface area contributed by atoms with E-state index in [0.717, 1.165) is 53.2 Å². The standard InChI is InChI=1S/C28H30N6O2/c1-17(2)15-30-24-14-23(13-18-4-3-5-21(12-18)26(29)35)33-34-25(16-31-27(24)34)19-6-8-20(9-7-19)28(36)32-22-10-11-22/h3-9,12,14,16-17,22,30H,10-11,13,15H2,1-2H3,(H2,29,35)(H,32,36). The number of nitrogens with two attached hydrogens (primary N) is 1. The Balaban J connectivity index is 1.50. The summed E-state index contributed by atoms with van der Waals surface area (Å²) in [4.78, 5) is 28.7. The van der Waals surface area contributed by atoms with Gasteiger partial charge < -0.3 is 16.4 Å². The quantitative estimate of drug-likeness (QED) is 0.333. The van der Waals surface area contributed by atoms with Crippen molar-refractivity contribution in [1.82, 2.24) is 19.9 Å². The van der Waals surface area contributed by atoms with Crippen LogP contribution in [0, 0.1) is 5.92 Å². The summed E-state index contributed by atoms with van der Waals surface area (Å²) in [5, 5.41) is 11.4. The number of amides is 2. The van der Waals surface area contributed by atoms with Gasteiger partial charge in [-0.05, 0) is 54.7 Å². The first-order chi connectivity index (χ1) is 17.4. The Bertz CT molecular complexity index is 1420. The Morgan fingerprint density at radius 1 is 1.08 bits per heavy atom. The van der Waals surface area contributed by atoms with Gasteiger partial charge in [-0.2, -0.15) is 5.10 Å². The lowest BCUT2D eigenvalue weighted by Crippen LogP contribution is -2.25. The molecule has 184 valence electrons. The molecule has 2 aromatic carbocycles. The van der Waals surface area contributed by atoms with Crippen LogP contribution in [-0.2, 0) is 6.42 Å². The molecule has 2 heterocycles. The topological polar surface area (TPSA) is 114 Å². The zero-order chi connectivity index (χ0) is 25.2. The predicted molar refractivity (Wildman–Crippen MR) is 140 cm³/mol. The van der Waals surface area contributed by atoms with E-state index in [1.165, 1.54) is 0 Å². The van der Waals surface area contributed by atoms with Crippen LogP contribution in [0.2, 0.25) is 0 Å². The van der Waals surface area contributed by atoms with Crippen LogP contribution < -0.4 is 16.4 Å². The lowest BCUT2D eigenvalue weighted by molar-refractivity contribution is 0.0949.